The third kappa shape index (κ3) is 2.99. The molecule has 17 heavy (non-hydrogen) atoms. The van der Waals surface area contributed by atoms with Gasteiger partial charge in [-0.05, 0) is 24.3 Å². The van der Waals surface area contributed by atoms with Gasteiger partial charge in [0.1, 0.15) is 5.82 Å². The van der Waals surface area contributed by atoms with Crippen LogP contribution in [0.15, 0.2) is 30.3 Å². The fourth-order valence-electron chi connectivity index (χ4n) is 1.53. The van der Waals surface area contributed by atoms with Gasteiger partial charge in [0, 0.05) is 21.9 Å². The average molecular weight is 291 g/mol. The maximum absolute atomic E-state index is 13.5. The van der Waals surface area contributed by atoms with Gasteiger partial charge in [0.05, 0.1) is 10.4 Å². The van der Waals surface area contributed by atoms with Crippen molar-refractivity contribution < 1.29 is 9.50 Å². The Kier molecular flexibility index (Phi) is 4.05. The largest absolute Gasteiger partial charge is 0.387 e. The predicted molar refractivity (Wildman–Crippen MR) is 69.4 cm³/mol. The number of hydrogen-bond acceptors (Lipinski definition) is 2. The molecule has 2 rings (SSSR count). The van der Waals surface area contributed by atoms with E-state index < -0.39 is 11.9 Å². The van der Waals surface area contributed by atoms with Crippen LogP contribution >= 0.6 is 34.5 Å². The molecule has 1 N–H and O–H groups in total. The van der Waals surface area contributed by atoms with Gasteiger partial charge in [-0.1, -0.05) is 29.3 Å². The lowest BCUT2D eigenvalue weighted by Gasteiger charge is -2.10. The monoisotopic (exact) mass is 290 g/mol. The van der Waals surface area contributed by atoms with Crippen molar-refractivity contribution in [2.45, 2.75) is 12.5 Å². The number of aliphatic hydroxyl groups is 1. The van der Waals surface area contributed by atoms with Crippen LogP contribution in [0.25, 0.3) is 0 Å². The van der Waals surface area contributed by atoms with Crippen molar-refractivity contribution in [3.05, 3.63) is 55.9 Å². The molecule has 90 valence electrons. The summed E-state index contributed by atoms with van der Waals surface area (Å²) in [4.78, 5) is 0.703. The van der Waals surface area contributed by atoms with Crippen LogP contribution in [-0.4, -0.2) is 5.11 Å². The van der Waals surface area contributed by atoms with E-state index >= 15 is 0 Å². The molecule has 0 amide bonds. The number of aliphatic hydroxyl groups excluding tert-OH is 1. The summed E-state index contributed by atoms with van der Waals surface area (Å²) in [5, 5.41) is 10.3. The summed E-state index contributed by atoms with van der Waals surface area (Å²) in [6.45, 7) is 0. The Morgan fingerprint density at radius 1 is 1.24 bits per heavy atom. The Morgan fingerprint density at radius 3 is 2.59 bits per heavy atom. The van der Waals surface area contributed by atoms with Gasteiger partial charge in [0.2, 0.25) is 0 Å². The first kappa shape index (κ1) is 12.8. The summed E-state index contributed by atoms with van der Waals surface area (Å²) in [6, 6.07) is 7.90. The number of thiophene rings is 1. The zero-order valence-electron chi connectivity index (χ0n) is 8.66. The van der Waals surface area contributed by atoms with Crippen LogP contribution in [-0.2, 0) is 6.42 Å². The molecule has 0 bridgehead atoms. The molecule has 2 aromatic rings. The quantitative estimate of drug-likeness (QED) is 0.884. The highest BCUT2D eigenvalue weighted by Crippen LogP contribution is 2.31. The van der Waals surface area contributed by atoms with E-state index in [0.29, 0.717) is 19.8 Å². The minimum absolute atomic E-state index is 0.141. The molecule has 1 heterocycles. The van der Waals surface area contributed by atoms with E-state index in [1.807, 2.05) is 0 Å². The van der Waals surface area contributed by atoms with E-state index in [2.05, 4.69) is 0 Å². The SMILES string of the molecule is OC(Cc1c(F)cccc1Cl)c1ccc(Cl)s1. The van der Waals surface area contributed by atoms with Crippen LogP contribution in [0, 0.1) is 5.82 Å². The number of hydrogen-bond donors (Lipinski definition) is 1. The molecule has 1 unspecified atom stereocenters. The van der Waals surface area contributed by atoms with Crippen LogP contribution in [0.2, 0.25) is 9.36 Å². The molecule has 0 aliphatic heterocycles. The van der Waals surface area contributed by atoms with Crippen LogP contribution < -0.4 is 0 Å². The van der Waals surface area contributed by atoms with Gasteiger partial charge >= 0.3 is 0 Å². The Labute approximate surface area is 112 Å². The van der Waals surface area contributed by atoms with Crippen molar-refractivity contribution in [1.82, 2.24) is 0 Å². The lowest BCUT2D eigenvalue weighted by Crippen LogP contribution is -2.02. The molecule has 5 heteroatoms. The minimum Gasteiger partial charge on any atom is -0.387 e. The van der Waals surface area contributed by atoms with E-state index in [0.717, 1.165) is 0 Å². The summed E-state index contributed by atoms with van der Waals surface area (Å²) >= 11 is 12.9. The highest BCUT2D eigenvalue weighted by Gasteiger charge is 2.15. The molecule has 0 radical (unpaired) electrons. The lowest BCUT2D eigenvalue weighted by molar-refractivity contribution is 0.181. The molecule has 0 aliphatic rings. The standard InChI is InChI=1S/C12H9Cl2FOS/c13-8-2-1-3-9(15)7(8)6-10(16)11-4-5-12(14)17-11/h1-5,10,16H,6H2. The highest BCUT2D eigenvalue weighted by atomic mass is 35.5. The maximum atomic E-state index is 13.5. The van der Waals surface area contributed by atoms with Crippen LogP contribution in [0.4, 0.5) is 4.39 Å². The number of benzene rings is 1. The van der Waals surface area contributed by atoms with E-state index in [1.54, 1.807) is 18.2 Å². The topological polar surface area (TPSA) is 20.2 Å². The zero-order valence-corrected chi connectivity index (χ0v) is 11.0. The fraction of sp³-hybridized carbons (Fsp3) is 0.167. The Hall–Kier alpha value is -0.610. The van der Waals surface area contributed by atoms with Gasteiger partial charge in [0.25, 0.3) is 0 Å². The van der Waals surface area contributed by atoms with Gasteiger partial charge in [-0.3, -0.25) is 0 Å². The number of rotatable bonds is 3. The van der Waals surface area contributed by atoms with Crippen molar-refractivity contribution in [2.75, 3.05) is 0 Å². The predicted octanol–water partition coefficient (Wildman–Crippen LogP) is 4.47. The molecule has 1 nitrogen and oxygen atoms in total. The molecule has 1 atom stereocenters. The van der Waals surface area contributed by atoms with Crippen molar-refractivity contribution in [2.24, 2.45) is 0 Å². The first-order valence-corrected chi connectivity index (χ1v) is 6.51. The van der Waals surface area contributed by atoms with Crippen molar-refractivity contribution in [1.29, 1.82) is 0 Å². The summed E-state index contributed by atoms with van der Waals surface area (Å²) in [5.74, 6) is -0.404. The van der Waals surface area contributed by atoms with E-state index in [-0.39, 0.29) is 6.42 Å². The van der Waals surface area contributed by atoms with Crippen LogP contribution in [0.1, 0.15) is 16.5 Å². The van der Waals surface area contributed by atoms with Crippen LogP contribution in [0.3, 0.4) is 0 Å². The average Bonchev–Trinajstić information content (AvgIpc) is 2.70. The van der Waals surface area contributed by atoms with E-state index in [1.165, 1.54) is 23.5 Å². The second kappa shape index (κ2) is 5.36. The van der Waals surface area contributed by atoms with Crippen molar-refractivity contribution >= 4 is 34.5 Å². The van der Waals surface area contributed by atoms with Crippen molar-refractivity contribution in [3.8, 4) is 0 Å². The van der Waals surface area contributed by atoms with Gasteiger partial charge in [-0.15, -0.1) is 11.3 Å². The molecule has 1 aromatic carbocycles. The van der Waals surface area contributed by atoms with Gasteiger partial charge < -0.3 is 5.11 Å². The van der Waals surface area contributed by atoms with Gasteiger partial charge in [0.15, 0.2) is 0 Å². The summed E-state index contributed by atoms with van der Waals surface area (Å²) < 4.78 is 14.1. The Bertz CT molecular complexity index is 507. The van der Waals surface area contributed by atoms with Gasteiger partial charge in [-0.25, -0.2) is 4.39 Å². The van der Waals surface area contributed by atoms with Crippen LogP contribution in [0.5, 0.6) is 0 Å². The second-order valence-corrected chi connectivity index (χ2v) is 5.72. The Balaban J connectivity index is 2.21. The molecular weight excluding hydrogens is 282 g/mol. The summed E-state index contributed by atoms with van der Waals surface area (Å²) in [7, 11) is 0. The third-order valence-corrected chi connectivity index (χ3v) is 4.07. The molecule has 0 spiro atoms. The smallest absolute Gasteiger partial charge is 0.127 e. The third-order valence-electron chi connectivity index (χ3n) is 2.38. The molecule has 0 fully saturated rings. The first-order chi connectivity index (χ1) is 8.08. The molecule has 1 aromatic heterocycles. The maximum Gasteiger partial charge on any atom is 0.127 e. The van der Waals surface area contributed by atoms with E-state index in [9.17, 15) is 9.50 Å². The van der Waals surface area contributed by atoms with E-state index in [4.69, 9.17) is 23.2 Å². The fourth-order valence-corrected chi connectivity index (χ4v) is 2.82. The molecule has 0 saturated carbocycles. The summed E-state index contributed by atoms with van der Waals surface area (Å²) in [6.07, 6.45) is -0.649. The zero-order chi connectivity index (χ0) is 12.4. The molecule has 0 saturated heterocycles. The van der Waals surface area contributed by atoms with Gasteiger partial charge in [-0.2, -0.15) is 0 Å². The number of halogens is 3. The first-order valence-electron chi connectivity index (χ1n) is 4.94. The Morgan fingerprint density at radius 2 is 2.00 bits per heavy atom. The van der Waals surface area contributed by atoms with Crippen molar-refractivity contribution in [3.63, 3.8) is 0 Å². The highest BCUT2D eigenvalue weighted by molar-refractivity contribution is 7.16. The second-order valence-electron chi connectivity index (χ2n) is 3.56. The molecular formula is C12H9Cl2FOS. The lowest BCUT2D eigenvalue weighted by atomic mass is 10.1. The summed E-state index contributed by atoms with van der Waals surface area (Å²) in [5.41, 5.74) is 0.325. The minimum atomic E-state index is -0.790. The normalized spacial score (nSPS) is 12.7. The molecule has 0 aliphatic carbocycles.